The summed E-state index contributed by atoms with van der Waals surface area (Å²) in [4.78, 5) is 26.8. The Balaban J connectivity index is 1.72. The number of carboxylic acid groups (broad SMARTS) is 1. The fourth-order valence-electron chi connectivity index (χ4n) is 3.04. The highest BCUT2D eigenvalue weighted by Gasteiger charge is 2.29. The summed E-state index contributed by atoms with van der Waals surface area (Å²) in [7, 11) is 0. The molecule has 1 aliphatic heterocycles. The molecule has 1 fully saturated rings. The number of carbonyl (C=O) groups is 2. The van der Waals surface area contributed by atoms with E-state index in [1.807, 2.05) is 48.5 Å². The van der Waals surface area contributed by atoms with Crippen molar-refractivity contribution in [3.8, 4) is 0 Å². The minimum Gasteiger partial charge on any atom is -0.481 e. The second kappa shape index (κ2) is 8.60. The van der Waals surface area contributed by atoms with E-state index < -0.39 is 11.9 Å². The van der Waals surface area contributed by atoms with E-state index >= 15 is 0 Å². The number of benzene rings is 2. The Kier molecular flexibility index (Phi) is 6.22. The largest absolute Gasteiger partial charge is 0.481 e. The molecule has 1 unspecified atom stereocenters. The van der Waals surface area contributed by atoms with E-state index in [1.54, 1.807) is 16.7 Å². The normalized spacial score (nSPS) is 17.1. The van der Waals surface area contributed by atoms with Gasteiger partial charge >= 0.3 is 5.97 Å². The highest BCUT2D eigenvalue weighted by Crippen LogP contribution is 2.29. The topological polar surface area (TPSA) is 57.6 Å². The Morgan fingerprint density at radius 1 is 1.15 bits per heavy atom. The molecule has 2 aromatic carbocycles. The van der Waals surface area contributed by atoms with Gasteiger partial charge in [-0.1, -0.05) is 35.9 Å². The zero-order chi connectivity index (χ0) is 18.5. The highest BCUT2D eigenvalue weighted by atomic mass is 35.5. The molecule has 0 spiro atoms. The van der Waals surface area contributed by atoms with Gasteiger partial charge in [-0.05, 0) is 42.7 Å². The predicted octanol–water partition coefficient (Wildman–Crippen LogP) is 4.57. The third kappa shape index (κ3) is 4.59. The van der Waals surface area contributed by atoms with E-state index in [-0.39, 0.29) is 12.5 Å². The third-order valence-electron chi connectivity index (χ3n) is 4.48. The lowest BCUT2D eigenvalue weighted by molar-refractivity contribution is -0.143. The molecule has 1 aliphatic rings. The Morgan fingerprint density at radius 3 is 2.62 bits per heavy atom. The van der Waals surface area contributed by atoms with Crippen LogP contribution in [0.4, 0.5) is 0 Å². The summed E-state index contributed by atoms with van der Waals surface area (Å²) in [6.45, 7) is 0.892. The maximum absolute atomic E-state index is 12.9. The van der Waals surface area contributed by atoms with E-state index in [0.29, 0.717) is 23.6 Å². The first-order valence-corrected chi connectivity index (χ1v) is 9.89. The number of likely N-dealkylation sites (tertiary alicyclic amines) is 1. The van der Waals surface area contributed by atoms with Crippen LogP contribution < -0.4 is 0 Å². The van der Waals surface area contributed by atoms with E-state index in [2.05, 4.69) is 0 Å². The van der Waals surface area contributed by atoms with Crippen LogP contribution in [0.1, 0.15) is 28.8 Å². The van der Waals surface area contributed by atoms with Crippen LogP contribution in [0, 0.1) is 5.92 Å². The SMILES string of the molecule is O=C(O)C1CCCN(C(=O)c2ccccc2SCc2ccc(Cl)cc2)C1. The van der Waals surface area contributed by atoms with Gasteiger partial charge in [-0.3, -0.25) is 9.59 Å². The van der Waals surface area contributed by atoms with Crippen molar-refractivity contribution >= 4 is 35.2 Å². The van der Waals surface area contributed by atoms with Crippen molar-refractivity contribution in [3.05, 3.63) is 64.7 Å². The molecule has 136 valence electrons. The van der Waals surface area contributed by atoms with Gasteiger partial charge in [0.15, 0.2) is 0 Å². The Morgan fingerprint density at radius 2 is 1.88 bits per heavy atom. The number of halogens is 1. The van der Waals surface area contributed by atoms with E-state index in [4.69, 9.17) is 11.6 Å². The number of carbonyl (C=O) groups excluding carboxylic acids is 1. The zero-order valence-electron chi connectivity index (χ0n) is 14.2. The average molecular weight is 390 g/mol. The molecule has 26 heavy (non-hydrogen) atoms. The molecule has 4 nitrogen and oxygen atoms in total. The molecule has 3 rings (SSSR count). The second-order valence-corrected chi connectivity index (χ2v) is 7.79. The molecule has 1 heterocycles. The molecule has 1 saturated heterocycles. The molecule has 1 amide bonds. The standard InChI is InChI=1S/C20H20ClNO3S/c21-16-9-7-14(8-10-16)13-26-18-6-2-1-5-17(18)19(23)22-11-3-4-15(12-22)20(24)25/h1-2,5-10,15H,3-4,11-13H2,(H,24,25). The summed E-state index contributed by atoms with van der Waals surface area (Å²) in [6, 6.07) is 15.2. The maximum atomic E-state index is 12.9. The molecule has 0 aromatic heterocycles. The zero-order valence-corrected chi connectivity index (χ0v) is 15.8. The molecule has 1 atom stereocenters. The lowest BCUT2D eigenvalue weighted by Crippen LogP contribution is -2.42. The van der Waals surface area contributed by atoms with E-state index in [1.165, 1.54) is 0 Å². The molecular weight excluding hydrogens is 370 g/mol. The molecule has 1 N–H and O–H groups in total. The molecule has 0 saturated carbocycles. The van der Waals surface area contributed by atoms with Gasteiger partial charge in [0.25, 0.3) is 5.91 Å². The fraction of sp³-hybridized carbons (Fsp3) is 0.300. The molecule has 0 bridgehead atoms. The van der Waals surface area contributed by atoms with Crippen LogP contribution in [0.15, 0.2) is 53.4 Å². The number of rotatable bonds is 5. The van der Waals surface area contributed by atoms with Crippen molar-refractivity contribution in [2.45, 2.75) is 23.5 Å². The highest BCUT2D eigenvalue weighted by molar-refractivity contribution is 7.98. The summed E-state index contributed by atoms with van der Waals surface area (Å²) in [6.07, 6.45) is 1.36. The maximum Gasteiger partial charge on any atom is 0.308 e. The van der Waals surface area contributed by atoms with Gasteiger partial charge in [-0.2, -0.15) is 0 Å². The summed E-state index contributed by atoms with van der Waals surface area (Å²) in [5, 5.41) is 9.94. The number of nitrogens with zero attached hydrogens (tertiary/aromatic N) is 1. The van der Waals surface area contributed by atoms with Gasteiger partial charge in [0.05, 0.1) is 11.5 Å². The number of carboxylic acids is 1. The minimum atomic E-state index is -0.826. The summed E-state index contributed by atoms with van der Waals surface area (Å²) >= 11 is 7.52. The smallest absolute Gasteiger partial charge is 0.308 e. The van der Waals surface area contributed by atoms with Crippen LogP contribution in [0.5, 0.6) is 0 Å². The fourth-order valence-corrected chi connectivity index (χ4v) is 4.17. The van der Waals surface area contributed by atoms with Crippen LogP contribution in [0.2, 0.25) is 5.02 Å². The lowest BCUT2D eigenvalue weighted by Gasteiger charge is -2.31. The van der Waals surface area contributed by atoms with Gasteiger partial charge in [0.2, 0.25) is 0 Å². The minimum absolute atomic E-state index is 0.0878. The third-order valence-corrected chi connectivity index (χ3v) is 5.88. The summed E-state index contributed by atoms with van der Waals surface area (Å²) in [5.74, 6) is -0.649. The lowest BCUT2D eigenvalue weighted by atomic mass is 9.97. The first kappa shape index (κ1) is 18.8. The van der Waals surface area contributed by atoms with Crippen molar-refractivity contribution in [2.75, 3.05) is 13.1 Å². The second-order valence-electron chi connectivity index (χ2n) is 6.34. The van der Waals surface area contributed by atoms with Crippen LogP contribution in [-0.4, -0.2) is 35.0 Å². The number of thioether (sulfide) groups is 1. The molecule has 0 aliphatic carbocycles. The monoisotopic (exact) mass is 389 g/mol. The molecule has 6 heteroatoms. The number of hydrogen-bond donors (Lipinski definition) is 1. The number of aliphatic carboxylic acids is 1. The first-order chi connectivity index (χ1) is 12.5. The van der Waals surface area contributed by atoms with Crippen molar-refractivity contribution in [3.63, 3.8) is 0 Å². The van der Waals surface area contributed by atoms with Crippen molar-refractivity contribution in [1.29, 1.82) is 0 Å². The van der Waals surface area contributed by atoms with Gasteiger partial charge in [-0.25, -0.2) is 0 Å². The van der Waals surface area contributed by atoms with Crippen LogP contribution in [-0.2, 0) is 10.5 Å². The van der Waals surface area contributed by atoms with E-state index in [0.717, 1.165) is 22.6 Å². The van der Waals surface area contributed by atoms with Gasteiger partial charge in [0.1, 0.15) is 0 Å². The first-order valence-electron chi connectivity index (χ1n) is 8.53. The average Bonchev–Trinajstić information content (AvgIpc) is 2.67. The van der Waals surface area contributed by atoms with Crippen LogP contribution in [0.3, 0.4) is 0 Å². The summed E-state index contributed by atoms with van der Waals surface area (Å²) < 4.78 is 0. The number of amides is 1. The van der Waals surface area contributed by atoms with E-state index in [9.17, 15) is 14.7 Å². The van der Waals surface area contributed by atoms with Gasteiger partial charge in [-0.15, -0.1) is 11.8 Å². The Bertz CT molecular complexity index is 794. The van der Waals surface area contributed by atoms with Crippen LogP contribution >= 0.6 is 23.4 Å². The Labute approximate surface area is 162 Å². The van der Waals surface area contributed by atoms with Gasteiger partial charge in [0, 0.05) is 28.8 Å². The number of hydrogen-bond acceptors (Lipinski definition) is 3. The predicted molar refractivity (Wildman–Crippen MR) is 104 cm³/mol. The summed E-state index contributed by atoms with van der Waals surface area (Å²) in [5.41, 5.74) is 1.77. The number of piperidine rings is 1. The molecule has 2 aromatic rings. The quantitative estimate of drug-likeness (QED) is 0.761. The molecular formula is C20H20ClNO3S. The van der Waals surface area contributed by atoms with Crippen molar-refractivity contribution < 1.29 is 14.7 Å². The van der Waals surface area contributed by atoms with Gasteiger partial charge < -0.3 is 10.0 Å². The van der Waals surface area contributed by atoms with Crippen molar-refractivity contribution in [1.82, 2.24) is 4.90 Å². The van der Waals surface area contributed by atoms with Crippen molar-refractivity contribution in [2.24, 2.45) is 5.92 Å². The molecule has 0 radical (unpaired) electrons. The Hall–Kier alpha value is -1.98. The van der Waals surface area contributed by atoms with Crippen LogP contribution in [0.25, 0.3) is 0 Å².